The van der Waals surface area contributed by atoms with Gasteiger partial charge in [-0.05, 0) is 44.9 Å². The molecule has 1 N–H and O–H groups in total. The third kappa shape index (κ3) is 2.76. The Balaban J connectivity index is 1.43. The number of para-hydroxylation sites is 1. The van der Waals surface area contributed by atoms with Gasteiger partial charge in [-0.1, -0.05) is 12.1 Å². The first-order valence-corrected chi connectivity index (χ1v) is 9.33. The Hall–Kier alpha value is -1.46. The standard InChI is InChI=1S/C18H23N3OS/c1-18(8-9-19-12-18)17(22)21-10-6-13(7-11-21)16-20-14-4-2-3-5-15(14)23-16/h2-5,13,19H,6-12H2,1H3. The summed E-state index contributed by atoms with van der Waals surface area (Å²) >= 11 is 1.81. The van der Waals surface area contributed by atoms with Gasteiger partial charge >= 0.3 is 0 Å². The molecule has 122 valence electrons. The molecule has 1 aromatic heterocycles. The van der Waals surface area contributed by atoms with Crippen LogP contribution in [0.1, 0.15) is 37.1 Å². The smallest absolute Gasteiger partial charge is 0.229 e. The van der Waals surface area contributed by atoms with Gasteiger partial charge in [-0.25, -0.2) is 4.98 Å². The number of nitrogens with zero attached hydrogens (tertiary/aromatic N) is 2. The highest BCUT2D eigenvalue weighted by atomic mass is 32.1. The molecule has 0 bridgehead atoms. The maximum Gasteiger partial charge on any atom is 0.229 e. The monoisotopic (exact) mass is 329 g/mol. The number of piperidine rings is 1. The molecule has 2 aliphatic rings. The second-order valence-corrected chi connectivity index (χ2v) is 8.14. The van der Waals surface area contributed by atoms with E-state index in [4.69, 9.17) is 4.98 Å². The van der Waals surface area contributed by atoms with Gasteiger partial charge in [-0.15, -0.1) is 11.3 Å². The Bertz CT molecular complexity index is 679. The molecule has 4 rings (SSSR count). The van der Waals surface area contributed by atoms with Crippen LogP contribution in [0.25, 0.3) is 10.2 Å². The Labute approximate surface area is 140 Å². The van der Waals surface area contributed by atoms with Crippen LogP contribution >= 0.6 is 11.3 Å². The van der Waals surface area contributed by atoms with Crippen LogP contribution in [0.2, 0.25) is 0 Å². The molecule has 1 atom stereocenters. The third-order valence-corrected chi connectivity index (χ3v) is 6.53. The Kier molecular flexibility index (Phi) is 3.85. The molecule has 2 fully saturated rings. The van der Waals surface area contributed by atoms with Crippen molar-refractivity contribution in [2.75, 3.05) is 26.2 Å². The van der Waals surface area contributed by atoms with Crippen LogP contribution in [0.5, 0.6) is 0 Å². The lowest BCUT2D eigenvalue weighted by Gasteiger charge is -2.36. The van der Waals surface area contributed by atoms with Crippen molar-refractivity contribution in [3.05, 3.63) is 29.3 Å². The van der Waals surface area contributed by atoms with E-state index in [1.807, 2.05) is 17.4 Å². The topological polar surface area (TPSA) is 45.2 Å². The number of hydrogen-bond donors (Lipinski definition) is 1. The van der Waals surface area contributed by atoms with Crippen molar-refractivity contribution in [1.29, 1.82) is 0 Å². The minimum Gasteiger partial charge on any atom is -0.342 e. The van der Waals surface area contributed by atoms with Crippen molar-refractivity contribution < 1.29 is 4.79 Å². The van der Waals surface area contributed by atoms with Gasteiger partial charge in [-0.2, -0.15) is 0 Å². The van der Waals surface area contributed by atoms with E-state index < -0.39 is 0 Å². The Morgan fingerprint density at radius 3 is 2.83 bits per heavy atom. The molecule has 23 heavy (non-hydrogen) atoms. The van der Waals surface area contributed by atoms with Gasteiger partial charge in [0, 0.05) is 25.6 Å². The minimum absolute atomic E-state index is 0.192. The van der Waals surface area contributed by atoms with E-state index >= 15 is 0 Å². The number of aromatic nitrogens is 1. The van der Waals surface area contributed by atoms with Gasteiger partial charge in [-0.3, -0.25) is 4.79 Å². The van der Waals surface area contributed by atoms with Crippen molar-refractivity contribution in [1.82, 2.24) is 15.2 Å². The number of carbonyl (C=O) groups excluding carboxylic acids is 1. The zero-order chi connectivity index (χ0) is 15.9. The molecule has 1 unspecified atom stereocenters. The predicted molar refractivity (Wildman–Crippen MR) is 93.8 cm³/mol. The summed E-state index contributed by atoms with van der Waals surface area (Å²) in [5.41, 5.74) is 0.915. The molecule has 5 heteroatoms. The highest BCUT2D eigenvalue weighted by Crippen LogP contribution is 2.35. The van der Waals surface area contributed by atoms with Gasteiger partial charge in [0.1, 0.15) is 0 Å². The van der Waals surface area contributed by atoms with Crippen LogP contribution in [-0.2, 0) is 4.79 Å². The highest BCUT2D eigenvalue weighted by Gasteiger charge is 2.40. The van der Waals surface area contributed by atoms with Crippen LogP contribution in [0.3, 0.4) is 0 Å². The summed E-state index contributed by atoms with van der Waals surface area (Å²) in [6.45, 7) is 5.63. The number of nitrogens with one attached hydrogen (secondary N) is 1. The molecule has 2 saturated heterocycles. The Morgan fingerprint density at radius 2 is 2.13 bits per heavy atom. The average molecular weight is 329 g/mol. The molecule has 0 radical (unpaired) electrons. The van der Waals surface area contributed by atoms with Crippen molar-refractivity contribution in [2.24, 2.45) is 5.41 Å². The molecule has 2 aliphatic heterocycles. The number of amides is 1. The SMILES string of the molecule is CC1(C(=O)N2CCC(c3nc4ccccc4s3)CC2)CCNC1. The van der Waals surface area contributed by atoms with Crippen molar-refractivity contribution in [3.8, 4) is 0 Å². The van der Waals surface area contributed by atoms with E-state index in [1.54, 1.807) is 0 Å². The first kappa shape index (κ1) is 15.1. The van der Waals surface area contributed by atoms with Gasteiger partial charge in [0.05, 0.1) is 20.6 Å². The van der Waals surface area contributed by atoms with Crippen molar-refractivity contribution in [3.63, 3.8) is 0 Å². The number of benzene rings is 1. The maximum absolute atomic E-state index is 12.8. The minimum atomic E-state index is -0.192. The fourth-order valence-corrected chi connectivity index (χ4v) is 4.91. The largest absolute Gasteiger partial charge is 0.342 e. The van der Waals surface area contributed by atoms with E-state index in [2.05, 4.69) is 35.3 Å². The summed E-state index contributed by atoms with van der Waals surface area (Å²) in [6, 6.07) is 8.34. The summed E-state index contributed by atoms with van der Waals surface area (Å²) in [6.07, 6.45) is 3.04. The maximum atomic E-state index is 12.8. The average Bonchev–Trinajstić information content (AvgIpc) is 3.21. The number of thiazole rings is 1. The van der Waals surface area contributed by atoms with Crippen LogP contribution in [0.4, 0.5) is 0 Å². The summed E-state index contributed by atoms with van der Waals surface area (Å²) in [7, 11) is 0. The van der Waals surface area contributed by atoms with E-state index in [0.717, 1.165) is 51.0 Å². The molecule has 3 heterocycles. The molecule has 4 nitrogen and oxygen atoms in total. The quantitative estimate of drug-likeness (QED) is 0.921. The lowest BCUT2D eigenvalue weighted by atomic mass is 9.86. The summed E-state index contributed by atoms with van der Waals surface area (Å²) in [5.74, 6) is 0.844. The number of rotatable bonds is 2. The lowest BCUT2D eigenvalue weighted by Crippen LogP contribution is -2.46. The summed E-state index contributed by atoms with van der Waals surface area (Å²) < 4.78 is 1.27. The van der Waals surface area contributed by atoms with E-state index in [-0.39, 0.29) is 5.41 Å². The fraction of sp³-hybridized carbons (Fsp3) is 0.556. The zero-order valence-electron chi connectivity index (χ0n) is 13.5. The first-order chi connectivity index (χ1) is 11.2. The van der Waals surface area contributed by atoms with Crippen LogP contribution < -0.4 is 5.32 Å². The number of fused-ring (bicyclic) bond motifs is 1. The zero-order valence-corrected chi connectivity index (χ0v) is 14.4. The molecule has 0 spiro atoms. The second-order valence-electron chi connectivity index (χ2n) is 7.07. The predicted octanol–water partition coefficient (Wildman–Crippen LogP) is 3.00. The molecule has 1 aromatic carbocycles. The number of likely N-dealkylation sites (tertiary alicyclic amines) is 1. The second kappa shape index (κ2) is 5.87. The van der Waals surface area contributed by atoms with Crippen LogP contribution in [0.15, 0.2) is 24.3 Å². The first-order valence-electron chi connectivity index (χ1n) is 8.51. The molecular formula is C18H23N3OS. The van der Waals surface area contributed by atoms with Crippen LogP contribution in [0, 0.1) is 5.41 Å². The third-order valence-electron chi connectivity index (χ3n) is 5.33. The van der Waals surface area contributed by atoms with Gasteiger partial charge in [0.15, 0.2) is 0 Å². The summed E-state index contributed by atoms with van der Waals surface area (Å²) in [4.78, 5) is 19.7. The van der Waals surface area contributed by atoms with Crippen molar-refractivity contribution in [2.45, 2.75) is 32.1 Å². The van der Waals surface area contributed by atoms with E-state index in [1.165, 1.54) is 9.71 Å². The van der Waals surface area contributed by atoms with E-state index in [0.29, 0.717) is 11.8 Å². The molecule has 2 aromatic rings. The molecule has 1 amide bonds. The van der Waals surface area contributed by atoms with E-state index in [9.17, 15) is 4.79 Å². The normalized spacial score (nSPS) is 26.0. The van der Waals surface area contributed by atoms with Gasteiger partial charge in [0.25, 0.3) is 0 Å². The van der Waals surface area contributed by atoms with Gasteiger partial charge in [0.2, 0.25) is 5.91 Å². The van der Waals surface area contributed by atoms with Crippen LogP contribution in [-0.4, -0.2) is 42.0 Å². The molecule has 0 aliphatic carbocycles. The number of hydrogen-bond acceptors (Lipinski definition) is 4. The molecule has 0 saturated carbocycles. The lowest BCUT2D eigenvalue weighted by molar-refractivity contribution is -0.141. The summed E-state index contributed by atoms with van der Waals surface area (Å²) in [5, 5.41) is 4.57. The van der Waals surface area contributed by atoms with Gasteiger partial charge < -0.3 is 10.2 Å². The van der Waals surface area contributed by atoms with Crippen molar-refractivity contribution >= 4 is 27.5 Å². The Morgan fingerprint density at radius 1 is 1.35 bits per heavy atom. The fourth-order valence-electron chi connectivity index (χ4n) is 3.78. The number of carbonyl (C=O) groups is 1. The molecular weight excluding hydrogens is 306 g/mol. The highest BCUT2D eigenvalue weighted by molar-refractivity contribution is 7.18.